The molecule has 7 nitrogen and oxygen atoms in total. The fourth-order valence-corrected chi connectivity index (χ4v) is 5.17. The Balaban J connectivity index is 1.33. The molecule has 0 radical (unpaired) electrons. The molecule has 1 aromatic carbocycles. The average Bonchev–Trinajstić information content (AvgIpc) is 2.87. The Morgan fingerprint density at radius 3 is 2.73 bits per heavy atom. The summed E-state index contributed by atoms with van der Waals surface area (Å²) in [4.78, 5) is 19.4. The summed E-state index contributed by atoms with van der Waals surface area (Å²) in [7, 11) is 2.10. The Morgan fingerprint density at radius 2 is 1.97 bits per heavy atom. The number of nitrogens with one attached hydrogen (secondary N) is 1. The molecule has 2 aliphatic heterocycles. The first-order valence-electron chi connectivity index (χ1n) is 12.5. The van der Waals surface area contributed by atoms with Crippen LogP contribution >= 0.6 is 0 Å². The zero-order chi connectivity index (χ0) is 22.6. The Kier molecular flexibility index (Phi) is 6.76. The molecule has 3 heterocycles. The highest BCUT2D eigenvalue weighted by molar-refractivity contribution is 5.83. The summed E-state index contributed by atoms with van der Waals surface area (Å²) in [5.41, 5.74) is 5.80. The lowest BCUT2D eigenvalue weighted by Crippen LogP contribution is -2.40. The third-order valence-corrected chi connectivity index (χ3v) is 7.20. The zero-order valence-corrected chi connectivity index (χ0v) is 20.0. The normalized spacial score (nSPS) is 25.0. The van der Waals surface area contributed by atoms with Crippen LogP contribution in [0, 0.1) is 5.92 Å². The summed E-state index contributed by atoms with van der Waals surface area (Å²) in [5.74, 6) is 1.68. The smallest absolute Gasteiger partial charge is 0.198 e. The second-order valence-corrected chi connectivity index (χ2v) is 9.55. The number of rotatable bonds is 5. The van der Waals surface area contributed by atoms with Crippen LogP contribution in [0.3, 0.4) is 0 Å². The number of likely N-dealkylation sites (N-methyl/N-ethyl adjacent to an activating group) is 1. The average molecular weight is 449 g/mol. The van der Waals surface area contributed by atoms with Crippen LogP contribution in [0.2, 0.25) is 0 Å². The van der Waals surface area contributed by atoms with Crippen molar-refractivity contribution in [1.82, 2.24) is 20.2 Å². The van der Waals surface area contributed by atoms with E-state index in [1.54, 1.807) is 0 Å². The molecule has 2 fully saturated rings. The van der Waals surface area contributed by atoms with E-state index in [4.69, 9.17) is 19.7 Å². The molecule has 3 aliphatic rings. The third kappa shape index (κ3) is 5.13. The van der Waals surface area contributed by atoms with E-state index in [0.29, 0.717) is 12.0 Å². The largest absolute Gasteiger partial charge is 0.378 e. The van der Waals surface area contributed by atoms with E-state index in [0.717, 1.165) is 81.2 Å². The van der Waals surface area contributed by atoms with Crippen molar-refractivity contribution >= 4 is 22.7 Å². The Hall–Kier alpha value is -2.67. The van der Waals surface area contributed by atoms with Gasteiger partial charge in [0.15, 0.2) is 5.96 Å². The molecule has 0 atom stereocenters. The van der Waals surface area contributed by atoms with Crippen molar-refractivity contribution in [2.45, 2.75) is 51.5 Å². The first-order valence-corrected chi connectivity index (χ1v) is 12.5. The number of aromatic nitrogens is 2. The lowest BCUT2D eigenvalue weighted by atomic mass is 9.82. The number of nitrogens with zero attached hydrogens (tertiary/aromatic N) is 5. The molecule has 0 spiro atoms. The number of ether oxygens (including phenoxy) is 1. The van der Waals surface area contributed by atoms with E-state index in [1.165, 1.54) is 24.1 Å². The van der Waals surface area contributed by atoms with E-state index in [9.17, 15) is 0 Å². The van der Waals surface area contributed by atoms with E-state index in [2.05, 4.69) is 47.3 Å². The van der Waals surface area contributed by atoms with Gasteiger partial charge in [0, 0.05) is 44.8 Å². The van der Waals surface area contributed by atoms with Crippen LogP contribution < -0.4 is 10.2 Å². The Labute approximate surface area is 196 Å². The van der Waals surface area contributed by atoms with Crippen LogP contribution in [0.25, 0.3) is 11.0 Å². The minimum atomic E-state index is 0.417. The van der Waals surface area contributed by atoms with Gasteiger partial charge in [-0.25, -0.2) is 9.98 Å². The number of guanidine groups is 1. The number of morpholine rings is 1. The maximum atomic E-state index is 5.57. The van der Waals surface area contributed by atoms with Crippen molar-refractivity contribution in [3.05, 3.63) is 41.9 Å². The highest BCUT2D eigenvalue weighted by Crippen LogP contribution is 2.33. The standard InChI is InChI=1S/C26H36N6O/c1-3-21-18-28-24-17-23(32-11-13-33-14-12-32)16-20(25(24)29-21)15-19-5-7-22(8-6-19)30-26-27-9-4-10-31(26)2/h4,9,16-19,22H,3,5-8,10-15H2,1-2H3,(H,27,30). The summed E-state index contributed by atoms with van der Waals surface area (Å²) in [6, 6.07) is 5.01. The van der Waals surface area contributed by atoms with Gasteiger partial charge in [-0.1, -0.05) is 6.92 Å². The van der Waals surface area contributed by atoms with Crippen molar-refractivity contribution in [3.63, 3.8) is 0 Å². The third-order valence-electron chi connectivity index (χ3n) is 7.20. The van der Waals surface area contributed by atoms with Crippen molar-refractivity contribution in [3.8, 4) is 0 Å². The Bertz CT molecular complexity index is 1020. The minimum absolute atomic E-state index is 0.417. The molecule has 7 heteroatoms. The van der Waals surface area contributed by atoms with E-state index < -0.39 is 0 Å². The maximum absolute atomic E-state index is 5.57. The predicted molar refractivity (Wildman–Crippen MR) is 134 cm³/mol. The van der Waals surface area contributed by atoms with Gasteiger partial charge in [-0.15, -0.1) is 0 Å². The predicted octanol–water partition coefficient (Wildman–Crippen LogP) is 3.53. The van der Waals surface area contributed by atoms with Gasteiger partial charge in [0.2, 0.25) is 0 Å². The van der Waals surface area contributed by atoms with Crippen molar-refractivity contribution in [2.75, 3.05) is 44.8 Å². The van der Waals surface area contributed by atoms with Crippen LogP contribution in [0.4, 0.5) is 5.69 Å². The molecule has 0 unspecified atom stereocenters. The van der Waals surface area contributed by atoms with Gasteiger partial charge in [0.05, 0.1) is 36.0 Å². The summed E-state index contributed by atoms with van der Waals surface area (Å²) >= 11 is 0. The van der Waals surface area contributed by atoms with Crippen LogP contribution in [0.5, 0.6) is 0 Å². The number of hydrogen-bond donors (Lipinski definition) is 1. The molecule has 176 valence electrons. The van der Waals surface area contributed by atoms with E-state index >= 15 is 0 Å². The van der Waals surface area contributed by atoms with Gasteiger partial charge in [-0.2, -0.15) is 0 Å². The molecular formula is C26H36N6O. The Morgan fingerprint density at radius 1 is 1.15 bits per heavy atom. The maximum Gasteiger partial charge on any atom is 0.198 e. The lowest BCUT2D eigenvalue weighted by Gasteiger charge is -2.31. The first kappa shape index (κ1) is 22.1. The van der Waals surface area contributed by atoms with Crippen molar-refractivity contribution in [2.24, 2.45) is 10.9 Å². The van der Waals surface area contributed by atoms with E-state index in [1.807, 2.05) is 12.4 Å². The summed E-state index contributed by atoms with van der Waals surface area (Å²) in [6.07, 6.45) is 12.8. The van der Waals surface area contributed by atoms with Gasteiger partial charge < -0.3 is 19.9 Å². The fourth-order valence-electron chi connectivity index (χ4n) is 5.17. The molecule has 33 heavy (non-hydrogen) atoms. The number of fused-ring (bicyclic) bond motifs is 1. The van der Waals surface area contributed by atoms with E-state index in [-0.39, 0.29) is 0 Å². The molecule has 5 rings (SSSR count). The minimum Gasteiger partial charge on any atom is -0.378 e. The summed E-state index contributed by atoms with van der Waals surface area (Å²) < 4.78 is 5.57. The van der Waals surface area contributed by atoms with Crippen LogP contribution in [0.1, 0.15) is 43.9 Å². The SMILES string of the molecule is CCc1cnc2cc(N3CCOCC3)cc(CC3CCC(N=C4NC=CCN4C)CC3)c2n1. The topological polar surface area (TPSA) is 65.9 Å². The zero-order valence-electron chi connectivity index (χ0n) is 20.0. The van der Waals surface area contributed by atoms with Gasteiger partial charge in [-0.3, -0.25) is 4.98 Å². The van der Waals surface area contributed by atoms with Crippen LogP contribution in [0.15, 0.2) is 35.6 Å². The summed E-state index contributed by atoms with van der Waals surface area (Å²) in [6.45, 7) is 6.53. The molecule has 2 aromatic rings. The molecule has 1 saturated heterocycles. The molecule has 1 N–H and O–H groups in total. The van der Waals surface area contributed by atoms with Crippen LogP contribution in [-0.4, -0.2) is 66.8 Å². The highest BCUT2D eigenvalue weighted by Gasteiger charge is 2.24. The fraction of sp³-hybridized carbons (Fsp3) is 0.577. The van der Waals surface area contributed by atoms with Gasteiger partial charge >= 0.3 is 0 Å². The van der Waals surface area contributed by atoms with Crippen molar-refractivity contribution < 1.29 is 4.74 Å². The second kappa shape index (κ2) is 10.1. The molecule has 1 aliphatic carbocycles. The number of aliphatic imine (C=N–C) groups is 1. The number of anilines is 1. The number of aryl methyl sites for hydroxylation is 1. The molecule has 0 amide bonds. The lowest BCUT2D eigenvalue weighted by molar-refractivity contribution is 0.122. The molecule has 1 aromatic heterocycles. The number of benzene rings is 1. The second-order valence-electron chi connectivity index (χ2n) is 9.55. The van der Waals surface area contributed by atoms with Crippen LogP contribution in [-0.2, 0) is 17.6 Å². The van der Waals surface area contributed by atoms with Gasteiger partial charge in [-0.05, 0) is 68.2 Å². The van der Waals surface area contributed by atoms with Crippen molar-refractivity contribution in [1.29, 1.82) is 0 Å². The first-order chi connectivity index (χ1) is 16.2. The molecule has 1 saturated carbocycles. The molecular weight excluding hydrogens is 412 g/mol. The molecule has 0 bridgehead atoms. The number of hydrogen-bond acceptors (Lipinski definition) is 5. The quantitative estimate of drug-likeness (QED) is 0.755. The monoisotopic (exact) mass is 448 g/mol. The van der Waals surface area contributed by atoms with Gasteiger partial charge in [0.1, 0.15) is 0 Å². The van der Waals surface area contributed by atoms with Gasteiger partial charge in [0.25, 0.3) is 0 Å². The summed E-state index contributed by atoms with van der Waals surface area (Å²) in [5, 5.41) is 3.30. The highest BCUT2D eigenvalue weighted by atomic mass is 16.5.